The maximum atomic E-state index is 12.5. The topological polar surface area (TPSA) is 99.0 Å². The predicted octanol–water partition coefficient (Wildman–Crippen LogP) is 3.49. The molecule has 8 heteroatoms. The van der Waals surface area contributed by atoms with Gasteiger partial charge in [0.25, 0.3) is 11.8 Å². The van der Waals surface area contributed by atoms with Crippen LogP contribution < -0.4 is 24.8 Å². The fourth-order valence-electron chi connectivity index (χ4n) is 2.81. The molecule has 0 saturated heterocycles. The van der Waals surface area contributed by atoms with Crippen molar-refractivity contribution in [2.24, 2.45) is 0 Å². The number of furan rings is 1. The lowest BCUT2D eigenvalue weighted by Crippen LogP contribution is -2.23. The number of hydrogen-bond donors (Lipinski definition) is 2. The smallest absolute Gasteiger partial charge is 0.291 e. The van der Waals surface area contributed by atoms with E-state index in [0.717, 1.165) is 5.56 Å². The molecule has 2 aromatic carbocycles. The average molecular weight is 410 g/mol. The maximum absolute atomic E-state index is 12.5. The van der Waals surface area contributed by atoms with Crippen LogP contribution in [0, 0.1) is 0 Å². The van der Waals surface area contributed by atoms with Gasteiger partial charge in [0.15, 0.2) is 17.3 Å². The third kappa shape index (κ3) is 4.72. The maximum Gasteiger partial charge on any atom is 0.291 e. The molecule has 0 saturated carbocycles. The number of nitrogens with one attached hydrogen (secondary N) is 2. The van der Waals surface area contributed by atoms with Crippen LogP contribution in [0.5, 0.6) is 17.2 Å². The lowest BCUT2D eigenvalue weighted by Gasteiger charge is -2.14. The highest BCUT2D eigenvalue weighted by Gasteiger charge is 2.14. The molecule has 1 heterocycles. The molecule has 0 spiro atoms. The summed E-state index contributed by atoms with van der Waals surface area (Å²) in [5.41, 5.74) is 1.74. The van der Waals surface area contributed by atoms with E-state index in [2.05, 4.69) is 10.6 Å². The van der Waals surface area contributed by atoms with Gasteiger partial charge < -0.3 is 29.3 Å². The summed E-state index contributed by atoms with van der Waals surface area (Å²) in [7, 11) is 4.63. The van der Waals surface area contributed by atoms with Crippen molar-refractivity contribution in [1.29, 1.82) is 0 Å². The molecule has 30 heavy (non-hydrogen) atoms. The molecule has 0 aliphatic heterocycles. The number of rotatable bonds is 8. The van der Waals surface area contributed by atoms with Gasteiger partial charge in [0, 0.05) is 29.4 Å². The van der Waals surface area contributed by atoms with Crippen LogP contribution in [-0.4, -0.2) is 33.1 Å². The lowest BCUT2D eigenvalue weighted by atomic mass is 10.1. The van der Waals surface area contributed by atoms with E-state index in [0.29, 0.717) is 28.5 Å². The van der Waals surface area contributed by atoms with Gasteiger partial charge >= 0.3 is 0 Å². The number of anilines is 1. The zero-order chi connectivity index (χ0) is 21.5. The number of carbonyl (C=O) groups excluding carboxylic acids is 2. The van der Waals surface area contributed by atoms with Crippen molar-refractivity contribution in [3.05, 3.63) is 71.7 Å². The molecular weight excluding hydrogens is 388 g/mol. The highest BCUT2D eigenvalue weighted by Crippen LogP contribution is 2.34. The molecule has 156 valence electrons. The average Bonchev–Trinajstić information content (AvgIpc) is 3.32. The van der Waals surface area contributed by atoms with Crippen molar-refractivity contribution in [1.82, 2.24) is 5.32 Å². The minimum absolute atomic E-state index is 0.209. The molecule has 0 unspecified atom stereocenters. The summed E-state index contributed by atoms with van der Waals surface area (Å²) in [6.07, 6.45) is 1.43. The first kappa shape index (κ1) is 20.8. The Morgan fingerprint density at radius 2 is 1.53 bits per heavy atom. The fraction of sp³-hybridized carbons (Fsp3) is 0.182. The zero-order valence-corrected chi connectivity index (χ0v) is 16.9. The summed E-state index contributed by atoms with van der Waals surface area (Å²) in [6, 6.07) is 13.2. The Balaban J connectivity index is 1.64. The van der Waals surface area contributed by atoms with Crippen LogP contribution in [0.25, 0.3) is 0 Å². The Bertz CT molecular complexity index is 1010. The third-order valence-electron chi connectivity index (χ3n) is 4.38. The molecule has 3 aromatic rings. The molecule has 0 fully saturated rings. The Morgan fingerprint density at radius 3 is 2.13 bits per heavy atom. The molecule has 8 nitrogen and oxygen atoms in total. The Labute approximate surface area is 173 Å². The van der Waals surface area contributed by atoms with Crippen molar-refractivity contribution >= 4 is 17.5 Å². The molecule has 0 aliphatic rings. The molecule has 1 aromatic heterocycles. The molecule has 0 atom stereocenters. The second-order valence-electron chi connectivity index (χ2n) is 6.21. The largest absolute Gasteiger partial charge is 0.496 e. The van der Waals surface area contributed by atoms with E-state index in [-0.39, 0.29) is 24.1 Å². The number of methoxy groups -OCH3 is 3. The molecule has 3 rings (SSSR count). The normalized spacial score (nSPS) is 10.2. The SMILES string of the molecule is COc1cc(OC)c(OC)cc1CNC(=O)c1ccc(NC(=O)c2ccco2)cc1. The Hall–Kier alpha value is -3.94. The zero-order valence-electron chi connectivity index (χ0n) is 16.9. The monoisotopic (exact) mass is 410 g/mol. The van der Waals surface area contributed by atoms with Gasteiger partial charge in [0.05, 0.1) is 27.6 Å². The van der Waals surface area contributed by atoms with Crippen LogP contribution in [0.1, 0.15) is 26.5 Å². The van der Waals surface area contributed by atoms with Gasteiger partial charge in [-0.3, -0.25) is 9.59 Å². The van der Waals surface area contributed by atoms with Gasteiger partial charge in [-0.25, -0.2) is 0 Å². The van der Waals surface area contributed by atoms with Crippen molar-refractivity contribution in [2.45, 2.75) is 6.54 Å². The Morgan fingerprint density at radius 1 is 0.867 bits per heavy atom. The quantitative estimate of drug-likeness (QED) is 0.590. The molecule has 0 aliphatic carbocycles. The van der Waals surface area contributed by atoms with E-state index in [1.807, 2.05) is 0 Å². The van der Waals surface area contributed by atoms with Gasteiger partial charge in [-0.15, -0.1) is 0 Å². The van der Waals surface area contributed by atoms with Gasteiger partial charge in [-0.1, -0.05) is 0 Å². The lowest BCUT2D eigenvalue weighted by molar-refractivity contribution is 0.0949. The molecule has 0 bridgehead atoms. The van der Waals surface area contributed by atoms with E-state index in [1.165, 1.54) is 6.26 Å². The highest BCUT2D eigenvalue weighted by molar-refractivity contribution is 6.02. The van der Waals surface area contributed by atoms with Gasteiger partial charge in [-0.05, 0) is 42.5 Å². The summed E-state index contributed by atoms with van der Waals surface area (Å²) in [5, 5.41) is 5.54. The number of benzene rings is 2. The Kier molecular flexibility index (Phi) is 6.59. The fourth-order valence-corrected chi connectivity index (χ4v) is 2.81. The molecule has 2 N–H and O–H groups in total. The van der Waals surface area contributed by atoms with Crippen molar-refractivity contribution in [2.75, 3.05) is 26.6 Å². The van der Waals surface area contributed by atoms with Gasteiger partial charge in [0.2, 0.25) is 0 Å². The van der Waals surface area contributed by atoms with E-state index in [9.17, 15) is 9.59 Å². The summed E-state index contributed by atoms with van der Waals surface area (Å²) >= 11 is 0. The third-order valence-corrected chi connectivity index (χ3v) is 4.38. The van der Waals surface area contributed by atoms with E-state index >= 15 is 0 Å². The van der Waals surface area contributed by atoms with Crippen LogP contribution in [0.4, 0.5) is 5.69 Å². The van der Waals surface area contributed by atoms with Crippen LogP contribution >= 0.6 is 0 Å². The first-order valence-corrected chi connectivity index (χ1v) is 9.07. The van der Waals surface area contributed by atoms with Crippen LogP contribution in [0.15, 0.2) is 59.2 Å². The van der Waals surface area contributed by atoms with E-state index in [1.54, 1.807) is 69.9 Å². The summed E-state index contributed by atoms with van der Waals surface area (Å²) in [5.74, 6) is 1.23. The standard InChI is InChI=1S/C22H22N2O6/c1-27-18-12-20(29-3)19(28-2)11-15(18)13-23-21(25)14-6-8-16(9-7-14)24-22(26)17-5-4-10-30-17/h4-12H,13H2,1-3H3,(H,23,25)(H,24,26). The van der Waals surface area contributed by atoms with Crippen molar-refractivity contribution < 1.29 is 28.2 Å². The molecule has 2 amide bonds. The minimum atomic E-state index is -0.363. The van der Waals surface area contributed by atoms with Crippen molar-refractivity contribution in [3.8, 4) is 17.2 Å². The van der Waals surface area contributed by atoms with Crippen LogP contribution in [0.2, 0.25) is 0 Å². The van der Waals surface area contributed by atoms with Gasteiger partial charge in [0.1, 0.15) is 5.75 Å². The summed E-state index contributed by atoms with van der Waals surface area (Å²) in [4.78, 5) is 24.5. The van der Waals surface area contributed by atoms with E-state index < -0.39 is 0 Å². The second kappa shape index (κ2) is 9.51. The summed E-state index contributed by atoms with van der Waals surface area (Å²) in [6.45, 7) is 0.235. The molecule has 0 radical (unpaired) electrons. The number of hydrogen-bond acceptors (Lipinski definition) is 6. The predicted molar refractivity (Wildman–Crippen MR) is 110 cm³/mol. The van der Waals surface area contributed by atoms with Gasteiger partial charge in [-0.2, -0.15) is 0 Å². The first-order valence-electron chi connectivity index (χ1n) is 9.07. The van der Waals surface area contributed by atoms with Crippen LogP contribution in [0.3, 0.4) is 0 Å². The number of amides is 2. The van der Waals surface area contributed by atoms with Crippen molar-refractivity contribution in [3.63, 3.8) is 0 Å². The first-order chi connectivity index (χ1) is 14.5. The molecular formula is C22H22N2O6. The minimum Gasteiger partial charge on any atom is -0.496 e. The van der Waals surface area contributed by atoms with E-state index in [4.69, 9.17) is 18.6 Å². The second-order valence-corrected chi connectivity index (χ2v) is 6.21. The highest BCUT2D eigenvalue weighted by atomic mass is 16.5. The number of ether oxygens (including phenoxy) is 3. The summed E-state index contributed by atoms with van der Waals surface area (Å²) < 4.78 is 21.0. The van der Waals surface area contributed by atoms with Crippen LogP contribution in [-0.2, 0) is 6.54 Å². The number of carbonyl (C=O) groups is 2.